The largest absolute Gasteiger partial charge is 0.339 e. The molecule has 1 N–H and O–H groups in total. The highest BCUT2D eigenvalue weighted by Crippen LogP contribution is 2.24. The summed E-state index contributed by atoms with van der Waals surface area (Å²) in [5.41, 5.74) is 2.17. The number of amides is 1. The number of hydrogen-bond donors (Lipinski definition) is 1. The number of aryl methyl sites for hydroxylation is 2. The van der Waals surface area contributed by atoms with Gasteiger partial charge in [0.15, 0.2) is 0 Å². The van der Waals surface area contributed by atoms with E-state index in [0.717, 1.165) is 37.9 Å². The summed E-state index contributed by atoms with van der Waals surface area (Å²) in [6.07, 6.45) is 4.42. The van der Waals surface area contributed by atoms with E-state index in [0.29, 0.717) is 23.3 Å². The predicted molar refractivity (Wildman–Crippen MR) is 83.3 cm³/mol. The molecule has 0 spiro atoms. The van der Waals surface area contributed by atoms with Crippen LogP contribution in [0.5, 0.6) is 0 Å². The summed E-state index contributed by atoms with van der Waals surface area (Å²) >= 11 is 0. The monoisotopic (exact) mass is 290 g/mol. The van der Waals surface area contributed by atoms with Gasteiger partial charge in [0.25, 0.3) is 5.91 Å². The van der Waals surface area contributed by atoms with Gasteiger partial charge >= 0.3 is 0 Å². The zero-order chi connectivity index (χ0) is 15.4. The molecular formula is C16H26N4O. The first kappa shape index (κ1) is 15.9. The van der Waals surface area contributed by atoms with Gasteiger partial charge in [0, 0.05) is 19.1 Å². The van der Waals surface area contributed by atoms with Gasteiger partial charge in [0.05, 0.1) is 17.0 Å². The highest BCUT2D eigenvalue weighted by atomic mass is 16.2. The molecule has 0 bridgehead atoms. The summed E-state index contributed by atoms with van der Waals surface area (Å²) in [7, 11) is 1.91. The van der Waals surface area contributed by atoms with Crippen LogP contribution in [0.1, 0.15) is 54.4 Å². The van der Waals surface area contributed by atoms with Gasteiger partial charge in [-0.25, -0.2) is 0 Å². The molecule has 1 fully saturated rings. The van der Waals surface area contributed by atoms with Gasteiger partial charge in [-0.2, -0.15) is 10.2 Å². The molecule has 0 aliphatic heterocycles. The second-order valence-electron chi connectivity index (χ2n) is 5.96. The Kier molecular flexibility index (Phi) is 5.28. The van der Waals surface area contributed by atoms with Crippen molar-refractivity contribution in [1.82, 2.24) is 20.4 Å². The molecule has 0 unspecified atom stereocenters. The smallest absolute Gasteiger partial charge is 0.255 e. The molecule has 21 heavy (non-hydrogen) atoms. The van der Waals surface area contributed by atoms with E-state index in [2.05, 4.69) is 22.4 Å². The molecule has 1 amide bonds. The third-order valence-electron chi connectivity index (χ3n) is 4.39. The molecule has 2 rings (SSSR count). The minimum atomic E-state index is 0.0670. The molecule has 1 saturated carbocycles. The third-order valence-corrected chi connectivity index (χ3v) is 4.39. The summed E-state index contributed by atoms with van der Waals surface area (Å²) in [4.78, 5) is 14.6. The van der Waals surface area contributed by atoms with Crippen molar-refractivity contribution in [2.75, 3.05) is 13.6 Å². The topological polar surface area (TPSA) is 58.1 Å². The average Bonchev–Trinajstić information content (AvgIpc) is 2.49. The van der Waals surface area contributed by atoms with E-state index in [9.17, 15) is 4.79 Å². The Morgan fingerprint density at radius 3 is 2.57 bits per heavy atom. The van der Waals surface area contributed by atoms with Crippen LogP contribution in [0.2, 0.25) is 0 Å². The van der Waals surface area contributed by atoms with Gasteiger partial charge < -0.3 is 10.2 Å². The van der Waals surface area contributed by atoms with E-state index in [-0.39, 0.29) is 5.91 Å². The van der Waals surface area contributed by atoms with Crippen LogP contribution in [0.4, 0.5) is 0 Å². The maximum atomic E-state index is 12.7. The fourth-order valence-electron chi connectivity index (χ4n) is 3.08. The molecule has 1 aliphatic carbocycles. The van der Waals surface area contributed by atoms with E-state index in [1.165, 1.54) is 0 Å². The van der Waals surface area contributed by atoms with Crippen LogP contribution in [0, 0.1) is 13.8 Å². The molecule has 5 nitrogen and oxygen atoms in total. The summed E-state index contributed by atoms with van der Waals surface area (Å²) in [6, 6.07) is 2.78. The molecule has 0 aromatic carbocycles. The summed E-state index contributed by atoms with van der Waals surface area (Å²) < 4.78 is 0. The molecule has 5 heteroatoms. The number of nitrogens with one attached hydrogen (secondary N) is 1. The lowest BCUT2D eigenvalue weighted by atomic mass is 9.90. The molecular weight excluding hydrogens is 264 g/mol. The predicted octanol–water partition coefficient (Wildman–Crippen LogP) is 2.09. The first-order valence-corrected chi connectivity index (χ1v) is 7.84. The number of nitrogens with zero attached hydrogens (tertiary/aromatic N) is 3. The van der Waals surface area contributed by atoms with Crippen molar-refractivity contribution in [3.63, 3.8) is 0 Å². The highest BCUT2D eigenvalue weighted by Gasteiger charge is 2.27. The molecule has 1 aromatic heterocycles. The lowest BCUT2D eigenvalue weighted by Gasteiger charge is -2.35. The lowest BCUT2D eigenvalue weighted by molar-refractivity contribution is 0.0683. The van der Waals surface area contributed by atoms with E-state index in [1.807, 2.05) is 31.9 Å². The third kappa shape index (κ3) is 3.79. The molecule has 1 aromatic rings. The number of carbonyl (C=O) groups excluding carboxylic acids is 1. The van der Waals surface area contributed by atoms with Crippen molar-refractivity contribution in [1.29, 1.82) is 0 Å². The second kappa shape index (κ2) is 6.98. The molecule has 116 valence electrons. The summed E-state index contributed by atoms with van der Waals surface area (Å²) in [5, 5.41) is 11.6. The van der Waals surface area contributed by atoms with Gasteiger partial charge in [-0.15, -0.1) is 0 Å². The number of rotatable bonds is 4. The maximum absolute atomic E-state index is 12.7. The fraction of sp³-hybridized carbons (Fsp3) is 0.688. The lowest BCUT2D eigenvalue weighted by Crippen LogP contribution is -2.43. The van der Waals surface area contributed by atoms with Crippen LogP contribution in [0.15, 0.2) is 6.07 Å². The minimum absolute atomic E-state index is 0.0670. The van der Waals surface area contributed by atoms with E-state index >= 15 is 0 Å². The van der Waals surface area contributed by atoms with Crippen LogP contribution in [0.3, 0.4) is 0 Å². The van der Waals surface area contributed by atoms with Crippen molar-refractivity contribution in [3.8, 4) is 0 Å². The number of hydrogen-bond acceptors (Lipinski definition) is 4. The van der Waals surface area contributed by atoms with E-state index in [1.54, 1.807) is 0 Å². The van der Waals surface area contributed by atoms with Crippen LogP contribution in [-0.2, 0) is 0 Å². The zero-order valence-electron chi connectivity index (χ0n) is 13.5. The summed E-state index contributed by atoms with van der Waals surface area (Å²) in [5.74, 6) is 0.0670. The van der Waals surface area contributed by atoms with Crippen LogP contribution in [0.25, 0.3) is 0 Å². The van der Waals surface area contributed by atoms with Crippen molar-refractivity contribution < 1.29 is 4.79 Å². The van der Waals surface area contributed by atoms with Crippen molar-refractivity contribution in [2.24, 2.45) is 0 Å². The van der Waals surface area contributed by atoms with E-state index in [4.69, 9.17) is 0 Å². The van der Waals surface area contributed by atoms with Gasteiger partial charge in [-0.3, -0.25) is 4.79 Å². The van der Waals surface area contributed by atoms with Gasteiger partial charge in [0.2, 0.25) is 0 Å². The van der Waals surface area contributed by atoms with Gasteiger partial charge in [-0.05, 0) is 52.1 Å². The Morgan fingerprint density at radius 2 is 1.95 bits per heavy atom. The standard InChI is InChI=1S/C16H26N4O/c1-5-17-13-6-8-14(9-7-13)20(4)16(21)15-10-11(2)18-19-12(15)3/h10,13-14,17H,5-9H2,1-4H3. The Morgan fingerprint density at radius 1 is 1.29 bits per heavy atom. The second-order valence-corrected chi connectivity index (χ2v) is 5.96. The quantitative estimate of drug-likeness (QED) is 0.922. The SMILES string of the molecule is CCNC1CCC(N(C)C(=O)c2cc(C)nnc2C)CC1. The fourth-order valence-corrected chi connectivity index (χ4v) is 3.08. The van der Waals surface area contributed by atoms with Crippen LogP contribution >= 0.6 is 0 Å². The number of carbonyl (C=O) groups is 1. The van der Waals surface area contributed by atoms with Crippen LogP contribution in [-0.4, -0.2) is 46.7 Å². The molecule has 1 aliphatic rings. The Hall–Kier alpha value is -1.49. The Balaban J connectivity index is 2.01. The van der Waals surface area contributed by atoms with Crippen molar-refractivity contribution in [2.45, 2.75) is 58.5 Å². The Labute approximate surface area is 127 Å². The molecule has 0 radical (unpaired) electrons. The maximum Gasteiger partial charge on any atom is 0.255 e. The normalized spacial score (nSPS) is 22.1. The highest BCUT2D eigenvalue weighted by molar-refractivity contribution is 5.95. The molecule has 0 atom stereocenters. The van der Waals surface area contributed by atoms with Crippen molar-refractivity contribution in [3.05, 3.63) is 23.0 Å². The van der Waals surface area contributed by atoms with Gasteiger partial charge in [-0.1, -0.05) is 6.92 Å². The van der Waals surface area contributed by atoms with E-state index < -0.39 is 0 Å². The van der Waals surface area contributed by atoms with Crippen molar-refractivity contribution >= 4 is 5.91 Å². The zero-order valence-corrected chi connectivity index (χ0v) is 13.5. The molecule has 0 saturated heterocycles. The minimum Gasteiger partial charge on any atom is -0.339 e. The molecule has 1 heterocycles. The average molecular weight is 290 g/mol. The number of aromatic nitrogens is 2. The van der Waals surface area contributed by atoms with Crippen LogP contribution < -0.4 is 5.32 Å². The first-order chi connectivity index (χ1) is 10.0. The van der Waals surface area contributed by atoms with Gasteiger partial charge in [0.1, 0.15) is 0 Å². The Bertz CT molecular complexity index is 495. The summed E-state index contributed by atoms with van der Waals surface area (Å²) in [6.45, 7) is 6.87. The first-order valence-electron chi connectivity index (χ1n) is 7.84.